The molecule has 0 aliphatic heterocycles. The summed E-state index contributed by atoms with van der Waals surface area (Å²) in [5.41, 5.74) is 8.32. The Balaban J connectivity index is 2.41. The van der Waals surface area contributed by atoms with Crippen LogP contribution in [0.4, 0.5) is 0 Å². The minimum absolute atomic E-state index is 0.156. The highest BCUT2D eigenvalue weighted by Crippen LogP contribution is 2.27. The molecule has 1 aromatic carbocycles. The summed E-state index contributed by atoms with van der Waals surface area (Å²) < 4.78 is 7.34. The third-order valence-electron chi connectivity index (χ3n) is 2.78. The number of rotatable bonds is 3. The highest BCUT2D eigenvalue weighted by Gasteiger charge is 2.15. The van der Waals surface area contributed by atoms with Gasteiger partial charge in [-0.25, -0.2) is 0 Å². The Labute approximate surface area is 95.5 Å². The van der Waals surface area contributed by atoms with Crippen molar-refractivity contribution in [1.29, 1.82) is 0 Å². The van der Waals surface area contributed by atoms with E-state index in [0.29, 0.717) is 0 Å². The SMILES string of the molecule is COc1ccccc1C(N)c1cccn1C. The van der Waals surface area contributed by atoms with Crippen LogP contribution in [-0.4, -0.2) is 11.7 Å². The van der Waals surface area contributed by atoms with E-state index in [1.807, 2.05) is 54.2 Å². The van der Waals surface area contributed by atoms with Crippen molar-refractivity contribution < 1.29 is 4.74 Å². The van der Waals surface area contributed by atoms with Crippen LogP contribution in [0.15, 0.2) is 42.6 Å². The molecule has 0 saturated heterocycles. The zero-order chi connectivity index (χ0) is 11.5. The summed E-state index contributed by atoms with van der Waals surface area (Å²) in [5, 5.41) is 0. The molecule has 0 bridgehead atoms. The first-order chi connectivity index (χ1) is 7.74. The Bertz CT molecular complexity index is 476. The number of nitrogens with zero attached hydrogens (tertiary/aromatic N) is 1. The Morgan fingerprint density at radius 3 is 2.56 bits per heavy atom. The average molecular weight is 216 g/mol. The van der Waals surface area contributed by atoms with E-state index < -0.39 is 0 Å². The zero-order valence-corrected chi connectivity index (χ0v) is 9.55. The lowest BCUT2D eigenvalue weighted by molar-refractivity contribution is 0.407. The van der Waals surface area contributed by atoms with Crippen molar-refractivity contribution in [2.45, 2.75) is 6.04 Å². The van der Waals surface area contributed by atoms with Gasteiger partial charge in [0.2, 0.25) is 0 Å². The summed E-state index contributed by atoms with van der Waals surface area (Å²) in [5.74, 6) is 0.830. The van der Waals surface area contributed by atoms with Gasteiger partial charge < -0.3 is 15.0 Å². The third-order valence-corrected chi connectivity index (χ3v) is 2.78. The van der Waals surface area contributed by atoms with Crippen molar-refractivity contribution in [2.75, 3.05) is 7.11 Å². The molecule has 0 radical (unpaired) electrons. The van der Waals surface area contributed by atoms with E-state index in [1.54, 1.807) is 7.11 Å². The molecule has 1 unspecified atom stereocenters. The summed E-state index contributed by atoms with van der Waals surface area (Å²) in [4.78, 5) is 0. The van der Waals surface area contributed by atoms with Gasteiger partial charge in [0.15, 0.2) is 0 Å². The van der Waals surface area contributed by atoms with Crippen molar-refractivity contribution in [3.63, 3.8) is 0 Å². The van der Waals surface area contributed by atoms with Gasteiger partial charge in [0, 0.05) is 24.5 Å². The summed E-state index contributed by atoms with van der Waals surface area (Å²) in [7, 11) is 3.65. The van der Waals surface area contributed by atoms with Crippen molar-refractivity contribution in [3.05, 3.63) is 53.9 Å². The molecule has 84 valence electrons. The largest absolute Gasteiger partial charge is 0.496 e. The molecule has 0 aliphatic rings. The third kappa shape index (κ3) is 1.82. The summed E-state index contributed by atoms with van der Waals surface area (Å²) in [6.07, 6.45) is 1.99. The molecule has 1 atom stereocenters. The molecule has 2 aromatic rings. The van der Waals surface area contributed by atoms with Crippen molar-refractivity contribution in [1.82, 2.24) is 4.57 Å². The molecular formula is C13H16N2O. The minimum Gasteiger partial charge on any atom is -0.496 e. The van der Waals surface area contributed by atoms with Crippen LogP contribution in [-0.2, 0) is 7.05 Å². The van der Waals surface area contributed by atoms with Crippen LogP contribution < -0.4 is 10.5 Å². The molecule has 3 nitrogen and oxygen atoms in total. The molecule has 1 heterocycles. The lowest BCUT2D eigenvalue weighted by Crippen LogP contribution is -2.16. The number of ether oxygens (including phenoxy) is 1. The van der Waals surface area contributed by atoms with Gasteiger partial charge in [0.1, 0.15) is 5.75 Å². The van der Waals surface area contributed by atoms with E-state index >= 15 is 0 Å². The van der Waals surface area contributed by atoms with Gasteiger partial charge in [-0.05, 0) is 18.2 Å². The number of nitrogens with two attached hydrogens (primary N) is 1. The van der Waals surface area contributed by atoms with Crippen LogP contribution in [0, 0.1) is 0 Å². The summed E-state index contributed by atoms with van der Waals surface area (Å²) in [6, 6.07) is 11.7. The molecular weight excluding hydrogens is 200 g/mol. The molecule has 0 fully saturated rings. The first kappa shape index (κ1) is 10.8. The van der Waals surface area contributed by atoms with E-state index in [-0.39, 0.29) is 6.04 Å². The van der Waals surface area contributed by atoms with E-state index in [4.69, 9.17) is 10.5 Å². The van der Waals surface area contributed by atoms with Crippen LogP contribution in [0.5, 0.6) is 5.75 Å². The second-order valence-electron chi connectivity index (χ2n) is 3.76. The van der Waals surface area contributed by atoms with Gasteiger partial charge in [-0.3, -0.25) is 0 Å². The van der Waals surface area contributed by atoms with Gasteiger partial charge >= 0.3 is 0 Å². The van der Waals surface area contributed by atoms with Crippen LogP contribution in [0.25, 0.3) is 0 Å². The van der Waals surface area contributed by atoms with Crippen LogP contribution in [0.1, 0.15) is 17.3 Å². The molecule has 16 heavy (non-hydrogen) atoms. The molecule has 0 amide bonds. The standard InChI is InChI=1S/C13H16N2O/c1-15-9-5-7-11(15)13(14)10-6-3-4-8-12(10)16-2/h3-9,13H,14H2,1-2H3. The summed E-state index contributed by atoms with van der Waals surface area (Å²) in [6.45, 7) is 0. The second kappa shape index (κ2) is 4.41. The number of methoxy groups -OCH3 is 1. The van der Waals surface area contributed by atoms with E-state index in [2.05, 4.69) is 0 Å². The molecule has 1 aromatic heterocycles. The van der Waals surface area contributed by atoms with Crippen LogP contribution in [0.3, 0.4) is 0 Å². The van der Waals surface area contributed by atoms with Crippen LogP contribution >= 0.6 is 0 Å². The fourth-order valence-electron chi connectivity index (χ4n) is 1.88. The van der Waals surface area contributed by atoms with Gasteiger partial charge in [0.25, 0.3) is 0 Å². The Kier molecular flexibility index (Phi) is 2.97. The first-order valence-electron chi connectivity index (χ1n) is 5.23. The molecule has 0 aliphatic carbocycles. The first-order valence-corrected chi connectivity index (χ1v) is 5.23. The average Bonchev–Trinajstić information content (AvgIpc) is 2.74. The van der Waals surface area contributed by atoms with E-state index in [9.17, 15) is 0 Å². The second-order valence-corrected chi connectivity index (χ2v) is 3.76. The fraction of sp³-hybridized carbons (Fsp3) is 0.231. The highest BCUT2D eigenvalue weighted by molar-refractivity contribution is 5.39. The molecule has 2 rings (SSSR count). The van der Waals surface area contributed by atoms with Gasteiger partial charge in [-0.15, -0.1) is 0 Å². The van der Waals surface area contributed by atoms with Gasteiger partial charge in [-0.2, -0.15) is 0 Å². The monoisotopic (exact) mass is 216 g/mol. The maximum atomic E-state index is 6.24. The predicted molar refractivity (Wildman–Crippen MR) is 64.4 cm³/mol. The lowest BCUT2D eigenvalue weighted by Gasteiger charge is -2.16. The molecule has 0 saturated carbocycles. The zero-order valence-electron chi connectivity index (χ0n) is 9.55. The number of benzene rings is 1. The summed E-state index contributed by atoms with van der Waals surface area (Å²) >= 11 is 0. The number of para-hydroxylation sites is 1. The van der Waals surface area contributed by atoms with Crippen molar-refractivity contribution >= 4 is 0 Å². The number of hydrogen-bond acceptors (Lipinski definition) is 2. The van der Waals surface area contributed by atoms with Crippen molar-refractivity contribution in [3.8, 4) is 5.75 Å². The number of aromatic nitrogens is 1. The Morgan fingerprint density at radius 2 is 1.94 bits per heavy atom. The van der Waals surface area contributed by atoms with E-state index in [0.717, 1.165) is 17.0 Å². The Hall–Kier alpha value is -1.74. The minimum atomic E-state index is -0.156. The fourth-order valence-corrected chi connectivity index (χ4v) is 1.88. The maximum Gasteiger partial charge on any atom is 0.124 e. The Morgan fingerprint density at radius 1 is 1.19 bits per heavy atom. The highest BCUT2D eigenvalue weighted by atomic mass is 16.5. The predicted octanol–water partition coefficient (Wildman–Crippen LogP) is 2.08. The molecule has 2 N–H and O–H groups in total. The topological polar surface area (TPSA) is 40.2 Å². The van der Waals surface area contributed by atoms with Crippen molar-refractivity contribution in [2.24, 2.45) is 12.8 Å². The van der Waals surface area contributed by atoms with Gasteiger partial charge in [0.05, 0.1) is 13.2 Å². The number of hydrogen-bond donors (Lipinski definition) is 1. The van der Waals surface area contributed by atoms with Crippen LogP contribution in [0.2, 0.25) is 0 Å². The molecule has 0 spiro atoms. The van der Waals surface area contributed by atoms with E-state index in [1.165, 1.54) is 0 Å². The lowest BCUT2D eigenvalue weighted by atomic mass is 10.0. The normalized spacial score (nSPS) is 12.4. The smallest absolute Gasteiger partial charge is 0.124 e. The molecule has 3 heteroatoms. The van der Waals surface area contributed by atoms with Gasteiger partial charge in [-0.1, -0.05) is 18.2 Å². The maximum absolute atomic E-state index is 6.24. The quantitative estimate of drug-likeness (QED) is 0.853. The number of aryl methyl sites for hydroxylation is 1.